The standard InChI is InChI=1S/C11H16BrN5/c1-8(12)4-5-16(2)10-9-6-15-17(3)11(9)14-7-13-10/h6-8H,4-5H2,1-3H3. The topological polar surface area (TPSA) is 46.8 Å². The highest BCUT2D eigenvalue weighted by Crippen LogP contribution is 2.21. The zero-order valence-corrected chi connectivity index (χ0v) is 11.8. The maximum Gasteiger partial charge on any atom is 0.163 e. The molecular formula is C11H16BrN5. The highest BCUT2D eigenvalue weighted by Gasteiger charge is 2.11. The minimum Gasteiger partial charge on any atom is -0.359 e. The van der Waals surface area contributed by atoms with Crippen molar-refractivity contribution in [3.8, 4) is 0 Å². The number of anilines is 1. The van der Waals surface area contributed by atoms with Crippen molar-refractivity contribution >= 4 is 32.8 Å². The number of nitrogens with zero attached hydrogens (tertiary/aromatic N) is 5. The monoisotopic (exact) mass is 297 g/mol. The van der Waals surface area contributed by atoms with Crippen LogP contribution in [0.25, 0.3) is 11.0 Å². The van der Waals surface area contributed by atoms with E-state index in [0.717, 1.165) is 29.8 Å². The summed E-state index contributed by atoms with van der Waals surface area (Å²) < 4.78 is 1.77. The van der Waals surface area contributed by atoms with Gasteiger partial charge in [-0.15, -0.1) is 0 Å². The average Bonchev–Trinajstić information content (AvgIpc) is 2.68. The zero-order valence-electron chi connectivity index (χ0n) is 10.3. The average molecular weight is 298 g/mol. The van der Waals surface area contributed by atoms with Crippen LogP contribution in [0.3, 0.4) is 0 Å². The number of halogens is 1. The van der Waals surface area contributed by atoms with Crippen molar-refractivity contribution < 1.29 is 0 Å². The Kier molecular flexibility index (Phi) is 3.61. The quantitative estimate of drug-likeness (QED) is 0.810. The second kappa shape index (κ2) is 5.00. The van der Waals surface area contributed by atoms with Crippen molar-refractivity contribution in [3.05, 3.63) is 12.5 Å². The molecule has 0 bridgehead atoms. The van der Waals surface area contributed by atoms with Gasteiger partial charge in [-0.25, -0.2) is 9.97 Å². The predicted octanol–water partition coefficient (Wildman–Crippen LogP) is 1.97. The van der Waals surface area contributed by atoms with Gasteiger partial charge in [-0.3, -0.25) is 4.68 Å². The summed E-state index contributed by atoms with van der Waals surface area (Å²) in [6.07, 6.45) is 4.48. The molecule has 0 radical (unpaired) electrons. The van der Waals surface area contributed by atoms with E-state index in [4.69, 9.17) is 0 Å². The van der Waals surface area contributed by atoms with Crippen LogP contribution >= 0.6 is 15.9 Å². The molecule has 2 rings (SSSR count). The lowest BCUT2D eigenvalue weighted by Crippen LogP contribution is -2.21. The fourth-order valence-electron chi connectivity index (χ4n) is 1.73. The molecular weight excluding hydrogens is 282 g/mol. The Morgan fingerprint density at radius 2 is 2.24 bits per heavy atom. The fraction of sp³-hybridized carbons (Fsp3) is 0.545. The summed E-state index contributed by atoms with van der Waals surface area (Å²) in [5.74, 6) is 0.941. The van der Waals surface area contributed by atoms with E-state index in [1.165, 1.54) is 0 Å². The number of aromatic nitrogens is 4. The van der Waals surface area contributed by atoms with Crippen LogP contribution < -0.4 is 4.90 Å². The van der Waals surface area contributed by atoms with Crippen molar-refractivity contribution in [1.82, 2.24) is 19.7 Å². The molecule has 0 N–H and O–H groups in total. The molecule has 6 heteroatoms. The number of alkyl halides is 1. The van der Waals surface area contributed by atoms with Gasteiger partial charge >= 0.3 is 0 Å². The van der Waals surface area contributed by atoms with E-state index in [1.54, 1.807) is 11.0 Å². The van der Waals surface area contributed by atoms with Gasteiger partial charge in [-0.05, 0) is 6.42 Å². The first-order valence-corrected chi connectivity index (χ1v) is 6.49. The molecule has 0 amide bonds. The second-order valence-electron chi connectivity index (χ2n) is 4.19. The molecule has 5 nitrogen and oxygen atoms in total. The van der Waals surface area contributed by atoms with Crippen LogP contribution in [0.5, 0.6) is 0 Å². The van der Waals surface area contributed by atoms with E-state index in [-0.39, 0.29) is 0 Å². The number of fused-ring (bicyclic) bond motifs is 1. The van der Waals surface area contributed by atoms with Gasteiger partial charge < -0.3 is 4.90 Å². The molecule has 0 saturated heterocycles. The molecule has 92 valence electrons. The second-order valence-corrected chi connectivity index (χ2v) is 5.76. The van der Waals surface area contributed by atoms with Gasteiger partial charge in [0.25, 0.3) is 0 Å². The van der Waals surface area contributed by atoms with Crippen molar-refractivity contribution in [3.63, 3.8) is 0 Å². The Hall–Kier alpha value is -1.17. The minimum absolute atomic E-state index is 0.510. The van der Waals surface area contributed by atoms with Crippen LogP contribution in [0.4, 0.5) is 5.82 Å². The summed E-state index contributed by atoms with van der Waals surface area (Å²) >= 11 is 3.55. The Balaban J connectivity index is 2.28. The zero-order chi connectivity index (χ0) is 12.4. The van der Waals surface area contributed by atoms with E-state index in [1.807, 2.05) is 20.3 Å². The molecule has 2 aromatic rings. The number of aryl methyl sites for hydroxylation is 1. The Morgan fingerprint density at radius 3 is 2.94 bits per heavy atom. The summed E-state index contributed by atoms with van der Waals surface area (Å²) in [6.45, 7) is 3.10. The van der Waals surface area contributed by atoms with Crippen LogP contribution in [-0.4, -0.2) is 38.2 Å². The third-order valence-electron chi connectivity index (χ3n) is 2.73. The number of hydrogen-bond acceptors (Lipinski definition) is 4. The van der Waals surface area contributed by atoms with Gasteiger partial charge in [0.1, 0.15) is 12.1 Å². The van der Waals surface area contributed by atoms with Gasteiger partial charge in [0, 0.05) is 25.5 Å². The third-order valence-corrected chi connectivity index (χ3v) is 3.19. The highest BCUT2D eigenvalue weighted by atomic mass is 79.9. The molecule has 0 saturated carbocycles. The van der Waals surface area contributed by atoms with Gasteiger partial charge in [-0.1, -0.05) is 22.9 Å². The Labute approximate surface area is 109 Å². The Morgan fingerprint density at radius 1 is 1.47 bits per heavy atom. The summed E-state index contributed by atoms with van der Waals surface area (Å²) in [4.78, 5) is 11.2. The SMILES string of the molecule is CC(Br)CCN(C)c1ncnc2c1cnn2C. The van der Waals surface area contributed by atoms with E-state index in [9.17, 15) is 0 Å². The Bertz CT molecular complexity index is 508. The van der Waals surface area contributed by atoms with E-state index >= 15 is 0 Å². The predicted molar refractivity (Wildman–Crippen MR) is 72.6 cm³/mol. The molecule has 0 spiro atoms. The molecule has 2 aromatic heterocycles. The lowest BCUT2D eigenvalue weighted by molar-refractivity contribution is 0.776. The molecule has 17 heavy (non-hydrogen) atoms. The summed E-state index contributed by atoms with van der Waals surface area (Å²) in [7, 11) is 3.93. The van der Waals surface area contributed by atoms with Crippen molar-refractivity contribution in [2.24, 2.45) is 7.05 Å². The van der Waals surface area contributed by atoms with Crippen LogP contribution in [0, 0.1) is 0 Å². The van der Waals surface area contributed by atoms with E-state index in [0.29, 0.717) is 4.83 Å². The number of rotatable bonds is 4. The number of hydrogen-bond donors (Lipinski definition) is 0. The molecule has 2 heterocycles. The molecule has 0 aliphatic carbocycles. The molecule has 0 aliphatic rings. The molecule has 1 atom stereocenters. The molecule has 0 aromatic carbocycles. The van der Waals surface area contributed by atoms with Crippen LogP contribution in [-0.2, 0) is 7.05 Å². The first-order chi connectivity index (χ1) is 8.09. The van der Waals surface area contributed by atoms with Crippen molar-refractivity contribution in [2.75, 3.05) is 18.5 Å². The van der Waals surface area contributed by atoms with E-state index in [2.05, 4.69) is 42.8 Å². The van der Waals surface area contributed by atoms with Gasteiger partial charge in [0.15, 0.2) is 5.65 Å². The van der Waals surface area contributed by atoms with E-state index < -0.39 is 0 Å². The maximum absolute atomic E-state index is 4.34. The van der Waals surface area contributed by atoms with Crippen LogP contribution in [0.1, 0.15) is 13.3 Å². The molecule has 1 unspecified atom stereocenters. The normalized spacial score (nSPS) is 12.9. The summed E-state index contributed by atoms with van der Waals surface area (Å²) in [5, 5.41) is 5.21. The van der Waals surface area contributed by atoms with Gasteiger partial charge in [-0.2, -0.15) is 5.10 Å². The van der Waals surface area contributed by atoms with Crippen molar-refractivity contribution in [2.45, 2.75) is 18.2 Å². The lowest BCUT2D eigenvalue weighted by atomic mass is 10.3. The van der Waals surface area contributed by atoms with Gasteiger partial charge in [0.2, 0.25) is 0 Å². The minimum atomic E-state index is 0.510. The molecule has 0 aliphatic heterocycles. The van der Waals surface area contributed by atoms with Crippen LogP contribution in [0.2, 0.25) is 0 Å². The highest BCUT2D eigenvalue weighted by molar-refractivity contribution is 9.09. The fourth-order valence-corrected chi connectivity index (χ4v) is 1.94. The van der Waals surface area contributed by atoms with Gasteiger partial charge in [0.05, 0.1) is 11.6 Å². The summed E-state index contributed by atoms with van der Waals surface area (Å²) in [5.41, 5.74) is 0.869. The first kappa shape index (κ1) is 12.3. The smallest absolute Gasteiger partial charge is 0.163 e. The first-order valence-electron chi connectivity index (χ1n) is 5.57. The van der Waals surface area contributed by atoms with Crippen molar-refractivity contribution in [1.29, 1.82) is 0 Å². The maximum atomic E-state index is 4.34. The van der Waals surface area contributed by atoms with Crippen LogP contribution in [0.15, 0.2) is 12.5 Å². The third kappa shape index (κ3) is 2.57. The summed E-state index contributed by atoms with van der Waals surface area (Å²) in [6, 6.07) is 0. The lowest BCUT2D eigenvalue weighted by Gasteiger charge is -2.19. The molecule has 0 fully saturated rings. The largest absolute Gasteiger partial charge is 0.359 e.